The lowest BCUT2D eigenvalue weighted by atomic mass is 10.6. The number of nitrogens with zero attached hydrogens (tertiary/aromatic N) is 5. The first-order valence-corrected chi connectivity index (χ1v) is 3.16. The molecule has 13 heavy (non-hydrogen) atoms. The molecule has 0 bridgehead atoms. The average molecular weight is 179 g/mol. The minimum absolute atomic E-state index is 0.0237. The lowest BCUT2D eigenvalue weighted by Gasteiger charge is -1.86. The first-order valence-electron chi connectivity index (χ1n) is 3.16. The van der Waals surface area contributed by atoms with Crippen molar-refractivity contribution in [2.24, 2.45) is 9.98 Å². The quantitative estimate of drug-likeness (QED) is 0.395. The van der Waals surface area contributed by atoms with Gasteiger partial charge in [-0.15, -0.1) is 4.99 Å². The van der Waals surface area contributed by atoms with Crippen LogP contribution >= 0.6 is 0 Å². The number of nitro groups is 1. The maximum atomic E-state index is 10.6. The predicted molar refractivity (Wildman–Crippen MR) is 36.4 cm³/mol. The van der Waals surface area contributed by atoms with Crippen LogP contribution in [0.25, 0.3) is 0 Å². The number of amides is 2. The van der Waals surface area contributed by atoms with Gasteiger partial charge in [0.25, 0.3) is 0 Å². The molecule has 2 amide bonds. The molecule has 2 heterocycles. The molecular weight excluding hydrogens is 178 g/mol. The van der Waals surface area contributed by atoms with E-state index in [1.54, 1.807) is 0 Å². The van der Waals surface area contributed by atoms with Crippen molar-refractivity contribution in [1.29, 1.82) is 0 Å². The van der Waals surface area contributed by atoms with Crippen LogP contribution < -0.4 is 11.0 Å². The first-order chi connectivity index (χ1) is 6.16. The zero-order valence-corrected chi connectivity index (χ0v) is 6.04. The number of aromatic nitrogens is 2. The summed E-state index contributed by atoms with van der Waals surface area (Å²) in [6.07, 6.45) is 0.927. The van der Waals surface area contributed by atoms with Crippen molar-refractivity contribution < 1.29 is 9.72 Å². The molecule has 1 aliphatic rings. The SMILES string of the molecule is O=C1N=c2ncc([N+](=O)[O-])nc2=N1. The zero-order chi connectivity index (χ0) is 9.42. The predicted octanol–water partition coefficient (Wildman–Crippen LogP) is -1.24. The largest absolute Gasteiger partial charge is 0.384 e. The van der Waals surface area contributed by atoms with E-state index in [2.05, 4.69) is 20.0 Å². The van der Waals surface area contributed by atoms with Gasteiger partial charge in [0.2, 0.25) is 5.49 Å². The van der Waals surface area contributed by atoms with Crippen molar-refractivity contribution in [3.63, 3.8) is 0 Å². The van der Waals surface area contributed by atoms with Gasteiger partial charge in [-0.25, -0.2) is 9.78 Å². The van der Waals surface area contributed by atoms with Gasteiger partial charge in [-0.2, -0.15) is 4.99 Å². The first kappa shape index (κ1) is 7.40. The Labute approximate surface area is 69.8 Å². The van der Waals surface area contributed by atoms with Gasteiger partial charge in [0.15, 0.2) is 0 Å². The van der Waals surface area contributed by atoms with Crippen molar-refractivity contribution >= 4 is 11.8 Å². The Morgan fingerprint density at radius 1 is 1.31 bits per heavy atom. The van der Waals surface area contributed by atoms with Crippen LogP contribution in [0.2, 0.25) is 0 Å². The van der Waals surface area contributed by atoms with E-state index in [4.69, 9.17) is 0 Å². The Bertz CT molecular complexity index is 521. The van der Waals surface area contributed by atoms with E-state index < -0.39 is 16.8 Å². The smallest absolute Gasteiger partial charge is 0.358 e. The number of hydrogen-bond donors (Lipinski definition) is 0. The molecule has 0 aliphatic carbocycles. The Morgan fingerprint density at radius 3 is 2.69 bits per heavy atom. The van der Waals surface area contributed by atoms with Gasteiger partial charge in [0, 0.05) is 0 Å². The summed E-state index contributed by atoms with van der Waals surface area (Å²) in [5, 5.41) is 10.2. The lowest BCUT2D eigenvalue weighted by molar-refractivity contribution is -0.390. The molecule has 1 aliphatic heterocycles. The summed E-state index contributed by atoms with van der Waals surface area (Å²) >= 11 is 0. The van der Waals surface area contributed by atoms with Crippen molar-refractivity contribution in [3.05, 3.63) is 27.3 Å². The zero-order valence-electron chi connectivity index (χ0n) is 6.04. The summed E-state index contributed by atoms with van der Waals surface area (Å²) in [4.78, 5) is 33.8. The number of rotatable bonds is 1. The maximum absolute atomic E-state index is 10.6. The number of hydrogen-bond acceptors (Lipinski definition) is 5. The second kappa shape index (κ2) is 2.37. The number of urea groups is 1. The van der Waals surface area contributed by atoms with Gasteiger partial charge in [0.1, 0.15) is 6.20 Å². The topological polar surface area (TPSA) is 111 Å². The Morgan fingerprint density at radius 2 is 2.00 bits per heavy atom. The van der Waals surface area contributed by atoms with Gasteiger partial charge in [-0.1, -0.05) is 0 Å². The summed E-state index contributed by atoms with van der Waals surface area (Å²) in [5.41, 5.74) is -0.0743. The monoisotopic (exact) mass is 179 g/mol. The van der Waals surface area contributed by atoms with E-state index in [1.807, 2.05) is 0 Å². The van der Waals surface area contributed by atoms with Gasteiger partial charge in [-0.05, 0) is 9.91 Å². The molecule has 0 atom stereocenters. The molecule has 0 saturated carbocycles. The molecule has 1 aromatic heterocycles. The summed E-state index contributed by atoms with van der Waals surface area (Å²) in [6.45, 7) is 0. The van der Waals surface area contributed by atoms with Crippen LogP contribution in [-0.2, 0) is 0 Å². The fourth-order valence-electron chi connectivity index (χ4n) is 0.812. The Balaban J connectivity index is 2.73. The molecule has 8 heteroatoms. The number of carbonyl (C=O) groups excluding carboxylic acids is 1. The Kier molecular flexibility index (Phi) is 1.35. The van der Waals surface area contributed by atoms with Crippen LogP contribution in [0.4, 0.5) is 10.6 Å². The molecular formula is C5HN5O3. The van der Waals surface area contributed by atoms with E-state index in [-0.39, 0.29) is 11.0 Å². The molecule has 1 aromatic rings. The molecule has 2 rings (SSSR count). The molecule has 0 fully saturated rings. The van der Waals surface area contributed by atoms with Gasteiger partial charge < -0.3 is 10.1 Å². The van der Waals surface area contributed by atoms with E-state index in [9.17, 15) is 14.9 Å². The minimum Gasteiger partial charge on any atom is -0.358 e. The second-order valence-corrected chi connectivity index (χ2v) is 2.14. The van der Waals surface area contributed by atoms with Crippen LogP contribution in [0.3, 0.4) is 0 Å². The van der Waals surface area contributed by atoms with E-state index in [0.29, 0.717) is 0 Å². The fourth-order valence-corrected chi connectivity index (χ4v) is 0.812. The van der Waals surface area contributed by atoms with Crippen LogP contribution in [0, 0.1) is 10.1 Å². The second-order valence-electron chi connectivity index (χ2n) is 2.14. The molecule has 0 saturated heterocycles. The summed E-state index contributed by atoms with van der Waals surface area (Å²) < 4.78 is 0. The van der Waals surface area contributed by atoms with Crippen LogP contribution in [0.15, 0.2) is 16.2 Å². The molecule has 0 radical (unpaired) electrons. The molecule has 8 nitrogen and oxygen atoms in total. The molecule has 0 N–H and O–H groups in total. The van der Waals surface area contributed by atoms with Gasteiger partial charge in [-0.3, -0.25) is 0 Å². The van der Waals surface area contributed by atoms with E-state index in [0.717, 1.165) is 6.20 Å². The molecule has 0 spiro atoms. The summed E-state index contributed by atoms with van der Waals surface area (Å²) in [7, 11) is 0. The lowest BCUT2D eigenvalue weighted by Crippen LogP contribution is -2.29. The fraction of sp³-hybridized carbons (Fsp3) is 0. The molecule has 64 valence electrons. The molecule has 0 aromatic carbocycles. The van der Waals surface area contributed by atoms with Crippen LogP contribution in [0.1, 0.15) is 0 Å². The van der Waals surface area contributed by atoms with Crippen molar-refractivity contribution in [1.82, 2.24) is 9.97 Å². The molecule has 0 unspecified atom stereocenters. The third-order valence-corrected chi connectivity index (χ3v) is 1.31. The Hall–Kier alpha value is -2.25. The maximum Gasteiger partial charge on any atom is 0.384 e. The highest BCUT2D eigenvalue weighted by atomic mass is 16.6. The van der Waals surface area contributed by atoms with Gasteiger partial charge in [0.05, 0.1) is 0 Å². The number of carbonyl (C=O) groups is 1. The third-order valence-electron chi connectivity index (χ3n) is 1.31. The van der Waals surface area contributed by atoms with Crippen molar-refractivity contribution in [3.8, 4) is 0 Å². The normalized spacial score (nSPS) is 13.1. The summed E-state index contributed by atoms with van der Waals surface area (Å²) in [6, 6.07) is -0.740. The highest BCUT2D eigenvalue weighted by Crippen LogP contribution is 1.97. The van der Waals surface area contributed by atoms with Crippen LogP contribution in [0.5, 0.6) is 0 Å². The summed E-state index contributed by atoms with van der Waals surface area (Å²) in [5.74, 6) is -0.451. The third kappa shape index (κ3) is 1.13. The van der Waals surface area contributed by atoms with Gasteiger partial charge >= 0.3 is 17.3 Å². The number of fused-ring (bicyclic) bond motifs is 1. The average Bonchev–Trinajstić information content (AvgIpc) is 2.42. The van der Waals surface area contributed by atoms with E-state index >= 15 is 0 Å². The van der Waals surface area contributed by atoms with Crippen molar-refractivity contribution in [2.45, 2.75) is 0 Å². The highest BCUT2D eigenvalue weighted by Gasteiger charge is 2.15. The highest BCUT2D eigenvalue weighted by molar-refractivity contribution is 5.76. The van der Waals surface area contributed by atoms with Crippen LogP contribution in [-0.4, -0.2) is 20.9 Å². The van der Waals surface area contributed by atoms with Crippen molar-refractivity contribution in [2.75, 3.05) is 0 Å². The standard InChI is InChI=1S/C5HN5O3/c11-5-8-3-4(9-5)7-2(1-6-3)10(12)13/h1H. The minimum atomic E-state index is -0.740. The van der Waals surface area contributed by atoms with E-state index in [1.165, 1.54) is 0 Å².